The number of hydrogen-bond acceptors (Lipinski definition) is 4. The van der Waals surface area contributed by atoms with Crippen molar-refractivity contribution in [3.05, 3.63) is 12.0 Å². The molecule has 1 saturated carbocycles. The van der Waals surface area contributed by atoms with Gasteiger partial charge in [-0.3, -0.25) is 0 Å². The molecule has 1 unspecified atom stereocenters. The van der Waals surface area contributed by atoms with Crippen molar-refractivity contribution in [2.75, 3.05) is 12.3 Å². The molecule has 2 rings (SSSR count). The zero-order chi connectivity index (χ0) is 14.0. The lowest BCUT2D eigenvalue weighted by atomic mass is 9.73. The Morgan fingerprint density at radius 1 is 1.58 bits per heavy atom. The van der Waals surface area contributed by atoms with E-state index < -0.39 is 5.97 Å². The van der Waals surface area contributed by atoms with E-state index in [0.29, 0.717) is 18.5 Å². The van der Waals surface area contributed by atoms with Gasteiger partial charge in [0, 0.05) is 6.04 Å². The van der Waals surface area contributed by atoms with Crippen molar-refractivity contribution in [2.45, 2.75) is 52.5 Å². The molecule has 1 atom stereocenters. The quantitative estimate of drug-likeness (QED) is 0.853. The van der Waals surface area contributed by atoms with Gasteiger partial charge in [0.05, 0.1) is 12.9 Å². The first kappa shape index (κ1) is 13.9. The predicted molar refractivity (Wildman–Crippen MR) is 73.9 cm³/mol. The normalized spacial score (nSPS) is 22.2. The first-order chi connectivity index (χ1) is 8.97. The summed E-state index contributed by atoms with van der Waals surface area (Å²) in [5.41, 5.74) is 6.50. The maximum Gasteiger partial charge on any atom is 0.360 e. The van der Waals surface area contributed by atoms with E-state index in [9.17, 15) is 4.79 Å². The van der Waals surface area contributed by atoms with Gasteiger partial charge in [-0.2, -0.15) is 0 Å². The van der Waals surface area contributed by atoms with Crippen LogP contribution in [0.25, 0.3) is 0 Å². The molecule has 1 fully saturated rings. The van der Waals surface area contributed by atoms with Crippen LogP contribution in [0.2, 0.25) is 0 Å². The molecule has 0 aliphatic heterocycles. The van der Waals surface area contributed by atoms with Gasteiger partial charge in [-0.1, -0.05) is 26.7 Å². The summed E-state index contributed by atoms with van der Waals surface area (Å²) in [5, 5.41) is 0. The molecule has 2 N–H and O–H groups in total. The molecule has 1 aromatic heterocycles. The van der Waals surface area contributed by atoms with Crippen molar-refractivity contribution in [3.63, 3.8) is 0 Å². The maximum atomic E-state index is 11.7. The van der Waals surface area contributed by atoms with Crippen LogP contribution in [0, 0.1) is 5.41 Å². The second-order valence-corrected chi connectivity index (χ2v) is 5.86. The van der Waals surface area contributed by atoms with Gasteiger partial charge >= 0.3 is 5.97 Å². The third-order valence-corrected chi connectivity index (χ3v) is 4.09. The lowest BCUT2D eigenvalue weighted by molar-refractivity contribution is 0.0521. The molecule has 0 bridgehead atoms. The Labute approximate surface area is 114 Å². The van der Waals surface area contributed by atoms with Gasteiger partial charge in [0.1, 0.15) is 5.82 Å². The number of hydrogen-bond donors (Lipinski definition) is 1. The van der Waals surface area contributed by atoms with Crippen molar-refractivity contribution in [2.24, 2.45) is 5.41 Å². The minimum Gasteiger partial charge on any atom is -0.461 e. The fourth-order valence-electron chi connectivity index (χ4n) is 2.97. The molecule has 0 saturated heterocycles. The molecule has 0 spiro atoms. The van der Waals surface area contributed by atoms with Gasteiger partial charge in [-0.25, -0.2) is 9.78 Å². The summed E-state index contributed by atoms with van der Waals surface area (Å²) in [6.45, 7) is 6.61. The summed E-state index contributed by atoms with van der Waals surface area (Å²) in [4.78, 5) is 15.9. The van der Waals surface area contributed by atoms with Crippen LogP contribution >= 0.6 is 0 Å². The zero-order valence-corrected chi connectivity index (χ0v) is 12.0. The second-order valence-electron chi connectivity index (χ2n) is 5.86. The lowest BCUT2D eigenvalue weighted by Gasteiger charge is -2.39. The predicted octanol–water partition coefficient (Wildman–Crippen LogP) is 2.78. The third-order valence-electron chi connectivity index (χ3n) is 4.09. The fraction of sp³-hybridized carbons (Fsp3) is 0.714. The van der Waals surface area contributed by atoms with Gasteiger partial charge in [0.15, 0.2) is 5.69 Å². The van der Waals surface area contributed by atoms with Crippen molar-refractivity contribution in [3.8, 4) is 0 Å². The van der Waals surface area contributed by atoms with Crippen LogP contribution in [-0.2, 0) is 4.74 Å². The Bertz CT molecular complexity index is 465. The number of nitrogen functional groups attached to an aromatic ring is 1. The summed E-state index contributed by atoms with van der Waals surface area (Å²) >= 11 is 0. The minimum atomic E-state index is -0.438. The summed E-state index contributed by atoms with van der Waals surface area (Å²) in [5.74, 6) is -0.00853. The number of imidazole rings is 1. The summed E-state index contributed by atoms with van der Waals surface area (Å²) in [6.07, 6.45) is 6.38. The zero-order valence-electron chi connectivity index (χ0n) is 12.0. The smallest absolute Gasteiger partial charge is 0.360 e. The van der Waals surface area contributed by atoms with Crippen LogP contribution < -0.4 is 5.73 Å². The molecule has 0 radical (unpaired) electrons. The van der Waals surface area contributed by atoms with E-state index in [2.05, 4.69) is 18.8 Å². The van der Waals surface area contributed by atoms with E-state index in [1.54, 1.807) is 13.3 Å². The molecule has 5 heteroatoms. The van der Waals surface area contributed by atoms with Gasteiger partial charge in [-0.15, -0.1) is 0 Å². The minimum absolute atomic E-state index is 0.180. The van der Waals surface area contributed by atoms with Crippen LogP contribution in [0.4, 0.5) is 5.82 Å². The average Bonchev–Trinajstić information content (AvgIpc) is 2.71. The van der Waals surface area contributed by atoms with Crippen LogP contribution in [0.1, 0.15) is 63.0 Å². The third kappa shape index (κ3) is 2.60. The van der Waals surface area contributed by atoms with E-state index in [-0.39, 0.29) is 11.1 Å². The van der Waals surface area contributed by atoms with Crippen LogP contribution in [-0.4, -0.2) is 22.1 Å². The monoisotopic (exact) mass is 265 g/mol. The highest BCUT2D eigenvalue weighted by Gasteiger charge is 2.35. The molecule has 0 amide bonds. The van der Waals surface area contributed by atoms with E-state index in [1.807, 2.05) is 4.57 Å². The Morgan fingerprint density at radius 2 is 2.32 bits per heavy atom. The second kappa shape index (κ2) is 5.23. The highest BCUT2D eigenvalue weighted by Crippen LogP contribution is 2.44. The molecule has 5 nitrogen and oxygen atoms in total. The Balaban J connectivity index is 2.28. The highest BCUT2D eigenvalue weighted by atomic mass is 16.5. The van der Waals surface area contributed by atoms with Gasteiger partial charge in [0.25, 0.3) is 0 Å². The van der Waals surface area contributed by atoms with Gasteiger partial charge < -0.3 is 15.0 Å². The first-order valence-electron chi connectivity index (χ1n) is 6.96. The molecular weight excluding hydrogens is 242 g/mol. The summed E-state index contributed by atoms with van der Waals surface area (Å²) in [7, 11) is 0. The molecule has 1 heterocycles. The Kier molecular flexibility index (Phi) is 3.83. The maximum absolute atomic E-state index is 11.7. The van der Waals surface area contributed by atoms with E-state index >= 15 is 0 Å². The van der Waals surface area contributed by atoms with Crippen molar-refractivity contribution < 1.29 is 9.53 Å². The standard InChI is InChI=1S/C14H23N3O2/c1-4-19-13(18)11-12(15)17(9-16-11)10-7-5-6-8-14(10,2)3/h9-10H,4-8,15H2,1-3H3. The number of esters is 1. The molecule has 1 aromatic rings. The molecule has 1 aliphatic rings. The molecular formula is C14H23N3O2. The number of carbonyl (C=O) groups excluding carboxylic acids is 1. The average molecular weight is 265 g/mol. The molecule has 0 aromatic carbocycles. The van der Waals surface area contributed by atoms with Gasteiger partial charge in [-0.05, 0) is 25.2 Å². The SMILES string of the molecule is CCOC(=O)c1ncn(C2CCCCC2(C)C)c1N. The first-order valence-corrected chi connectivity index (χ1v) is 6.96. The molecule has 1 aliphatic carbocycles. The largest absolute Gasteiger partial charge is 0.461 e. The van der Waals surface area contributed by atoms with Crippen molar-refractivity contribution in [1.82, 2.24) is 9.55 Å². The summed E-state index contributed by atoms with van der Waals surface area (Å²) in [6, 6.07) is 0.303. The van der Waals surface area contributed by atoms with Crippen LogP contribution in [0.15, 0.2) is 6.33 Å². The van der Waals surface area contributed by atoms with Crippen LogP contribution in [0.5, 0.6) is 0 Å². The number of rotatable bonds is 3. The number of nitrogens with two attached hydrogens (primary N) is 1. The van der Waals surface area contributed by atoms with E-state index in [1.165, 1.54) is 19.3 Å². The number of anilines is 1. The van der Waals surface area contributed by atoms with E-state index in [4.69, 9.17) is 10.5 Å². The summed E-state index contributed by atoms with van der Waals surface area (Å²) < 4.78 is 6.92. The number of carbonyl (C=O) groups is 1. The van der Waals surface area contributed by atoms with E-state index in [0.717, 1.165) is 6.42 Å². The Morgan fingerprint density at radius 3 is 2.95 bits per heavy atom. The number of ether oxygens (including phenoxy) is 1. The molecule has 19 heavy (non-hydrogen) atoms. The lowest BCUT2D eigenvalue weighted by Crippen LogP contribution is -2.31. The van der Waals surface area contributed by atoms with Crippen molar-refractivity contribution >= 4 is 11.8 Å². The van der Waals surface area contributed by atoms with Crippen molar-refractivity contribution in [1.29, 1.82) is 0 Å². The highest BCUT2D eigenvalue weighted by molar-refractivity contribution is 5.92. The topological polar surface area (TPSA) is 70.1 Å². The van der Waals surface area contributed by atoms with Crippen LogP contribution in [0.3, 0.4) is 0 Å². The molecule has 106 valence electrons. The number of nitrogens with zero attached hydrogens (tertiary/aromatic N) is 2. The fourth-order valence-corrected chi connectivity index (χ4v) is 2.97. The Hall–Kier alpha value is -1.52. The van der Waals surface area contributed by atoms with Gasteiger partial charge in [0.2, 0.25) is 0 Å². The number of aromatic nitrogens is 2.